The molecule has 0 spiro atoms. The highest BCUT2D eigenvalue weighted by Crippen LogP contribution is 2.53. The molecule has 16 heavy (non-hydrogen) atoms. The Morgan fingerprint density at radius 1 is 1.56 bits per heavy atom. The van der Waals surface area contributed by atoms with Crippen LogP contribution >= 0.6 is 0 Å². The molecule has 1 aromatic carbocycles. The Morgan fingerprint density at radius 3 is 3.06 bits per heavy atom. The number of hydrogen-bond donors (Lipinski definition) is 1. The molecule has 1 saturated carbocycles. The quantitative estimate of drug-likeness (QED) is 0.788. The highest BCUT2D eigenvalue weighted by molar-refractivity contribution is 5.76. The molecule has 0 bridgehead atoms. The number of rotatable bonds is 1. The molecule has 0 radical (unpaired) electrons. The fourth-order valence-corrected chi connectivity index (χ4v) is 2.36. The van der Waals surface area contributed by atoms with E-state index < -0.39 is 0 Å². The third-order valence-electron chi connectivity index (χ3n) is 3.65. The molecule has 3 heteroatoms. The Hall–Kier alpha value is -1.82. The summed E-state index contributed by atoms with van der Waals surface area (Å²) in [6.45, 7) is 4.11. The van der Waals surface area contributed by atoms with E-state index in [2.05, 4.69) is 35.1 Å². The topological polar surface area (TPSA) is 52.5 Å². The average Bonchev–Trinajstić information content (AvgIpc) is 2.80. The van der Waals surface area contributed by atoms with Crippen LogP contribution in [0.2, 0.25) is 0 Å². The monoisotopic (exact) mass is 211 g/mol. The van der Waals surface area contributed by atoms with Gasteiger partial charge in [-0.3, -0.25) is 0 Å². The first-order valence-corrected chi connectivity index (χ1v) is 5.50. The molecule has 0 amide bonds. The number of benzene rings is 1. The van der Waals surface area contributed by atoms with Gasteiger partial charge in [-0.15, -0.1) is 0 Å². The van der Waals surface area contributed by atoms with Gasteiger partial charge in [-0.25, -0.2) is 4.98 Å². The molecule has 2 aromatic rings. The molecule has 0 saturated heterocycles. The molecule has 3 rings (SSSR count). The lowest BCUT2D eigenvalue weighted by atomic mass is 9.95. The molecule has 1 aliphatic carbocycles. The number of aromatic nitrogens is 2. The summed E-state index contributed by atoms with van der Waals surface area (Å²) in [4.78, 5) is 7.61. The van der Waals surface area contributed by atoms with E-state index in [0.717, 1.165) is 23.3 Å². The minimum atomic E-state index is 0.0575. The summed E-state index contributed by atoms with van der Waals surface area (Å²) in [5, 5.41) is 8.95. The van der Waals surface area contributed by atoms with Crippen molar-refractivity contribution in [3.63, 3.8) is 0 Å². The maximum atomic E-state index is 8.95. The van der Waals surface area contributed by atoms with E-state index in [1.165, 1.54) is 5.56 Å². The van der Waals surface area contributed by atoms with Crippen LogP contribution in [-0.4, -0.2) is 9.97 Å². The van der Waals surface area contributed by atoms with E-state index in [4.69, 9.17) is 5.26 Å². The number of nitriles is 1. The number of fused-ring (bicyclic) bond motifs is 1. The Kier molecular flexibility index (Phi) is 1.68. The summed E-state index contributed by atoms with van der Waals surface area (Å²) >= 11 is 0. The highest BCUT2D eigenvalue weighted by atomic mass is 14.9. The molecular weight excluding hydrogens is 198 g/mol. The summed E-state index contributed by atoms with van der Waals surface area (Å²) in [6, 6.07) is 8.62. The lowest BCUT2D eigenvalue weighted by Crippen LogP contribution is -2.03. The third kappa shape index (κ3) is 1.16. The fourth-order valence-electron chi connectivity index (χ4n) is 2.36. The van der Waals surface area contributed by atoms with Crippen LogP contribution in [0.4, 0.5) is 0 Å². The second-order valence-electron chi connectivity index (χ2n) is 4.86. The minimum absolute atomic E-state index is 0.0575. The van der Waals surface area contributed by atoms with Crippen molar-refractivity contribution in [2.45, 2.75) is 25.7 Å². The summed E-state index contributed by atoms with van der Waals surface area (Å²) in [5.74, 6) is 1.11. The summed E-state index contributed by atoms with van der Waals surface area (Å²) in [5.41, 5.74) is 3.37. The highest BCUT2D eigenvalue weighted by Gasteiger charge is 2.51. The maximum Gasteiger partial charge on any atom is 0.104 e. The van der Waals surface area contributed by atoms with Crippen LogP contribution < -0.4 is 0 Å². The molecule has 1 heterocycles. The Bertz CT molecular complexity index is 605. The Balaban J connectivity index is 2.10. The third-order valence-corrected chi connectivity index (χ3v) is 3.65. The standard InChI is InChI=1S/C13H13N3/c1-8-15-11-4-3-9(5-12(11)16-8)13(2)6-10(13)7-14/h3-5,10H,6H2,1-2H3,(H,15,16). The smallest absolute Gasteiger partial charge is 0.104 e. The molecule has 1 aromatic heterocycles. The Labute approximate surface area is 94.1 Å². The number of hydrogen-bond acceptors (Lipinski definition) is 2. The van der Waals surface area contributed by atoms with Gasteiger partial charge in [-0.05, 0) is 31.0 Å². The van der Waals surface area contributed by atoms with Crippen LogP contribution in [0.1, 0.15) is 24.7 Å². The van der Waals surface area contributed by atoms with Gasteiger partial charge in [0, 0.05) is 5.41 Å². The van der Waals surface area contributed by atoms with Crippen LogP contribution in [0.3, 0.4) is 0 Å². The summed E-state index contributed by atoms with van der Waals surface area (Å²) in [7, 11) is 0. The Morgan fingerprint density at radius 2 is 2.38 bits per heavy atom. The van der Waals surface area contributed by atoms with Crippen molar-refractivity contribution in [1.29, 1.82) is 5.26 Å². The van der Waals surface area contributed by atoms with Gasteiger partial charge >= 0.3 is 0 Å². The average molecular weight is 211 g/mol. The summed E-state index contributed by atoms with van der Waals surface area (Å²) < 4.78 is 0. The van der Waals surface area contributed by atoms with Crippen molar-refractivity contribution in [2.75, 3.05) is 0 Å². The van der Waals surface area contributed by atoms with Crippen LogP contribution in [-0.2, 0) is 5.41 Å². The van der Waals surface area contributed by atoms with Crippen molar-refractivity contribution in [3.05, 3.63) is 29.6 Å². The fraction of sp³-hybridized carbons (Fsp3) is 0.385. The lowest BCUT2D eigenvalue weighted by Gasteiger charge is -2.08. The number of nitrogens with one attached hydrogen (secondary N) is 1. The van der Waals surface area contributed by atoms with E-state index in [-0.39, 0.29) is 11.3 Å². The van der Waals surface area contributed by atoms with Gasteiger partial charge in [0.15, 0.2) is 0 Å². The molecule has 2 atom stereocenters. The van der Waals surface area contributed by atoms with Crippen molar-refractivity contribution >= 4 is 11.0 Å². The van der Waals surface area contributed by atoms with E-state index >= 15 is 0 Å². The number of aromatic amines is 1. The second-order valence-corrected chi connectivity index (χ2v) is 4.86. The van der Waals surface area contributed by atoms with Crippen molar-refractivity contribution in [3.8, 4) is 6.07 Å². The van der Waals surface area contributed by atoms with Crippen LogP contribution in [0.5, 0.6) is 0 Å². The minimum Gasteiger partial charge on any atom is -0.342 e. The van der Waals surface area contributed by atoms with Gasteiger partial charge in [0.1, 0.15) is 5.82 Å². The first-order chi connectivity index (χ1) is 7.63. The van der Waals surface area contributed by atoms with Gasteiger partial charge in [-0.2, -0.15) is 5.26 Å². The molecular formula is C13H13N3. The van der Waals surface area contributed by atoms with E-state index in [1.54, 1.807) is 0 Å². The van der Waals surface area contributed by atoms with E-state index in [1.807, 2.05) is 13.0 Å². The summed E-state index contributed by atoms with van der Waals surface area (Å²) in [6.07, 6.45) is 0.974. The lowest BCUT2D eigenvalue weighted by molar-refractivity contribution is 0.743. The van der Waals surface area contributed by atoms with Crippen molar-refractivity contribution in [2.24, 2.45) is 5.92 Å². The van der Waals surface area contributed by atoms with Gasteiger partial charge in [-0.1, -0.05) is 13.0 Å². The zero-order chi connectivity index (χ0) is 11.3. The SMILES string of the molecule is Cc1nc2ccc(C3(C)CC3C#N)cc2[nH]1. The van der Waals surface area contributed by atoms with Gasteiger partial charge in [0.05, 0.1) is 23.0 Å². The van der Waals surface area contributed by atoms with Gasteiger partial charge < -0.3 is 4.98 Å². The van der Waals surface area contributed by atoms with Crippen molar-refractivity contribution in [1.82, 2.24) is 9.97 Å². The molecule has 2 unspecified atom stereocenters. The molecule has 3 nitrogen and oxygen atoms in total. The normalized spacial score (nSPS) is 27.9. The second kappa shape index (κ2) is 2.85. The number of imidazole rings is 1. The van der Waals surface area contributed by atoms with E-state index in [0.29, 0.717) is 0 Å². The molecule has 1 aliphatic rings. The predicted octanol–water partition coefficient (Wildman–Crippen LogP) is 2.67. The predicted molar refractivity (Wildman–Crippen MR) is 61.9 cm³/mol. The molecule has 1 N–H and O–H groups in total. The van der Waals surface area contributed by atoms with Crippen LogP contribution in [0.15, 0.2) is 18.2 Å². The van der Waals surface area contributed by atoms with Gasteiger partial charge in [0.25, 0.3) is 0 Å². The maximum absolute atomic E-state index is 8.95. The van der Waals surface area contributed by atoms with Crippen LogP contribution in [0, 0.1) is 24.2 Å². The van der Waals surface area contributed by atoms with E-state index in [9.17, 15) is 0 Å². The van der Waals surface area contributed by atoms with Gasteiger partial charge in [0.2, 0.25) is 0 Å². The first-order valence-electron chi connectivity index (χ1n) is 5.50. The van der Waals surface area contributed by atoms with Crippen molar-refractivity contribution < 1.29 is 0 Å². The zero-order valence-corrected chi connectivity index (χ0v) is 9.41. The zero-order valence-electron chi connectivity index (χ0n) is 9.41. The number of H-pyrrole nitrogens is 1. The first kappa shape index (κ1) is 9.41. The molecule has 80 valence electrons. The molecule has 1 fully saturated rings. The largest absolute Gasteiger partial charge is 0.342 e. The van der Waals surface area contributed by atoms with Crippen LogP contribution in [0.25, 0.3) is 11.0 Å². The number of nitrogens with zero attached hydrogens (tertiary/aromatic N) is 2. The number of aryl methyl sites for hydroxylation is 1. The molecule has 0 aliphatic heterocycles.